The lowest BCUT2D eigenvalue weighted by atomic mass is 10.1. The van der Waals surface area contributed by atoms with E-state index in [2.05, 4.69) is 5.32 Å². The molecule has 2 aliphatic rings. The van der Waals surface area contributed by atoms with Gasteiger partial charge in [-0.3, -0.25) is 14.5 Å². The molecule has 0 bridgehead atoms. The molecule has 6 nitrogen and oxygen atoms in total. The second-order valence-electron chi connectivity index (χ2n) is 6.12. The third kappa shape index (κ3) is 3.65. The number of benzene rings is 1. The number of hydrogen-bond acceptors (Lipinski definition) is 4. The fraction of sp³-hybridized carbons (Fsp3) is 0.529. The van der Waals surface area contributed by atoms with E-state index in [4.69, 9.17) is 4.74 Å². The Balaban J connectivity index is 0.00000208. The van der Waals surface area contributed by atoms with Gasteiger partial charge >= 0.3 is 0 Å². The Morgan fingerprint density at radius 3 is 2.88 bits per heavy atom. The van der Waals surface area contributed by atoms with Crippen molar-refractivity contribution >= 4 is 29.9 Å². The molecule has 1 saturated heterocycles. The quantitative estimate of drug-likeness (QED) is 0.893. The molecule has 0 saturated carbocycles. The van der Waals surface area contributed by atoms with E-state index >= 15 is 0 Å². The molecule has 1 aromatic carbocycles. The first-order chi connectivity index (χ1) is 11.1. The number of para-hydroxylation sites is 2. The van der Waals surface area contributed by atoms with Crippen LogP contribution in [0.3, 0.4) is 0 Å². The van der Waals surface area contributed by atoms with Gasteiger partial charge in [0.05, 0.1) is 5.69 Å². The number of anilines is 1. The number of likely N-dealkylation sites (tertiary alicyclic amines) is 1. The van der Waals surface area contributed by atoms with Gasteiger partial charge in [-0.1, -0.05) is 12.1 Å². The largest absolute Gasteiger partial charge is 0.479 e. The van der Waals surface area contributed by atoms with E-state index in [0.29, 0.717) is 24.0 Å². The van der Waals surface area contributed by atoms with E-state index in [1.165, 1.54) is 0 Å². The fourth-order valence-electron chi connectivity index (χ4n) is 3.20. The molecule has 2 heterocycles. The van der Waals surface area contributed by atoms with Crippen molar-refractivity contribution in [1.29, 1.82) is 0 Å². The summed E-state index contributed by atoms with van der Waals surface area (Å²) >= 11 is 0. The van der Waals surface area contributed by atoms with Crippen LogP contribution in [-0.4, -0.2) is 55.5 Å². The van der Waals surface area contributed by atoms with E-state index in [9.17, 15) is 9.59 Å². The summed E-state index contributed by atoms with van der Waals surface area (Å²) in [5.41, 5.74) is 0.672. The Morgan fingerprint density at radius 2 is 2.12 bits per heavy atom. The molecule has 0 spiro atoms. The van der Waals surface area contributed by atoms with Crippen LogP contribution in [0.25, 0.3) is 0 Å². The lowest BCUT2D eigenvalue weighted by Crippen LogP contribution is -2.53. The van der Waals surface area contributed by atoms with Gasteiger partial charge in [-0.25, -0.2) is 0 Å². The van der Waals surface area contributed by atoms with Crippen LogP contribution in [0.4, 0.5) is 5.69 Å². The molecule has 0 aliphatic carbocycles. The second-order valence-corrected chi connectivity index (χ2v) is 6.12. The topological polar surface area (TPSA) is 61.9 Å². The average molecular weight is 354 g/mol. The number of carbonyl (C=O) groups excluding carboxylic acids is 2. The summed E-state index contributed by atoms with van der Waals surface area (Å²) in [6, 6.07) is 7.69. The first-order valence-electron chi connectivity index (χ1n) is 8.12. The molecule has 7 heteroatoms. The number of likely N-dealkylation sites (N-methyl/N-ethyl adjacent to an activating group) is 1. The molecule has 0 radical (unpaired) electrons. The van der Waals surface area contributed by atoms with Crippen LogP contribution < -0.4 is 15.0 Å². The summed E-state index contributed by atoms with van der Waals surface area (Å²) in [6.07, 6.45) is 1.50. The minimum absolute atomic E-state index is 0. The fourth-order valence-corrected chi connectivity index (χ4v) is 3.20. The van der Waals surface area contributed by atoms with Crippen LogP contribution in [0, 0.1) is 0 Å². The number of hydrogen-bond donors (Lipinski definition) is 1. The first-order valence-corrected chi connectivity index (χ1v) is 8.12. The van der Waals surface area contributed by atoms with E-state index in [0.717, 1.165) is 19.4 Å². The minimum atomic E-state index is -0.566. The van der Waals surface area contributed by atoms with Crippen LogP contribution >= 0.6 is 12.4 Å². The molecule has 132 valence electrons. The molecule has 3 rings (SSSR count). The molecule has 1 aromatic rings. The highest BCUT2D eigenvalue weighted by atomic mass is 35.5. The number of piperidine rings is 1. The standard InChI is InChI=1S/C17H23N3O3.ClH/c1-12-17(22)20(14-7-3-4-8-15(14)23-12)11-16(21)19-9-5-6-13(10-19)18-2;/h3-4,7-8,12-13,18H,5-6,9-11H2,1-2H3;1H. The van der Waals surface area contributed by atoms with Crippen LogP contribution in [0.5, 0.6) is 5.75 Å². The van der Waals surface area contributed by atoms with Crippen LogP contribution in [0.15, 0.2) is 24.3 Å². The predicted molar refractivity (Wildman–Crippen MR) is 94.8 cm³/mol. The maximum Gasteiger partial charge on any atom is 0.268 e. The van der Waals surface area contributed by atoms with Crippen molar-refractivity contribution in [3.05, 3.63) is 24.3 Å². The van der Waals surface area contributed by atoms with Gasteiger partial charge in [0.2, 0.25) is 5.91 Å². The molecular weight excluding hydrogens is 330 g/mol. The molecular formula is C17H24ClN3O3. The smallest absolute Gasteiger partial charge is 0.268 e. The molecule has 2 unspecified atom stereocenters. The Hall–Kier alpha value is -1.79. The summed E-state index contributed by atoms with van der Waals surface area (Å²) in [6.45, 7) is 3.24. The summed E-state index contributed by atoms with van der Waals surface area (Å²) < 4.78 is 5.61. The predicted octanol–water partition coefficient (Wildman–Crippen LogP) is 1.43. The number of rotatable bonds is 3. The average Bonchev–Trinajstić information content (AvgIpc) is 2.58. The first kappa shape index (κ1) is 18.5. The van der Waals surface area contributed by atoms with Crippen molar-refractivity contribution in [2.75, 3.05) is 31.6 Å². The van der Waals surface area contributed by atoms with Crippen LogP contribution in [0.2, 0.25) is 0 Å². The Bertz CT molecular complexity index is 610. The third-order valence-electron chi connectivity index (χ3n) is 4.55. The summed E-state index contributed by atoms with van der Waals surface area (Å²) in [7, 11) is 1.92. The Labute approximate surface area is 148 Å². The van der Waals surface area contributed by atoms with Gasteiger partial charge in [-0.2, -0.15) is 0 Å². The number of carbonyl (C=O) groups is 2. The monoisotopic (exact) mass is 353 g/mol. The van der Waals surface area contributed by atoms with Gasteiger partial charge in [0.15, 0.2) is 6.10 Å². The van der Waals surface area contributed by atoms with Crippen molar-refractivity contribution in [2.24, 2.45) is 0 Å². The van der Waals surface area contributed by atoms with Crippen LogP contribution in [-0.2, 0) is 9.59 Å². The summed E-state index contributed by atoms with van der Waals surface area (Å²) in [4.78, 5) is 28.5. The maximum absolute atomic E-state index is 12.7. The SMILES string of the molecule is CNC1CCCN(C(=O)CN2C(=O)C(C)Oc3ccccc32)C1.Cl. The summed E-state index contributed by atoms with van der Waals surface area (Å²) in [5, 5.41) is 3.23. The van der Waals surface area contributed by atoms with Crippen molar-refractivity contribution < 1.29 is 14.3 Å². The lowest BCUT2D eigenvalue weighted by molar-refractivity contribution is -0.134. The van der Waals surface area contributed by atoms with Gasteiger partial charge < -0.3 is 15.0 Å². The molecule has 1 N–H and O–H groups in total. The van der Waals surface area contributed by atoms with Gasteiger partial charge in [0, 0.05) is 19.1 Å². The number of ether oxygens (including phenoxy) is 1. The van der Waals surface area contributed by atoms with E-state index in [-0.39, 0.29) is 30.8 Å². The molecule has 2 aliphatic heterocycles. The van der Waals surface area contributed by atoms with E-state index in [1.54, 1.807) is 11.8 Å². The van der Waals surface area contributed by atoms with Crippen molar-refractivity contribution in [3.63, 3.8) is 0 Å². The van der Waals surface area contributed by atoms with E-state index in [1.807, 2.05) is 36.2 Å². The van der Waals surface area contributed by atoms with Crippen molar-refractivity contribution in [2.45, 2.75) is 31.9 Å². The minimum Gasteiger partial charge on any atom is -0.479 e. The highest BCUT2D eigenvalue weighted by Crippen LogP contribution is 2.33. The normalized spacial score (nSPS) is 23.2. The molecule has 24 heavy (non-hydrogen) atoms. The molecule has 2 atom stereocenters. The van der Waals surface area contributed by atoms with Crippen molar-refractivity contribution in [1.82, 2.24) is 10.2 Å². The zero-order valence-corrected chi connectivity index (χ0v) is 14.8. The van der Waals surface area contributed by atoms with Crippen LogP contribution in [0.1, 0.15) is 19.8 Å². The van der Waals surface area contributed by atoms with Gasteiger partial charge in [-0.15, -0.1) is 12.4 Å². The number of amides is 2. The Morgan fingerprint density at radius 1 is 1.38 bits per heavy atom. The maximum atomic E-state index is 12.7. The molecule has 1 fully saturated rings. The van der Waals surface area contributed by atoms with Crippen molar-refractivity contribution in [3.8, 4) is 5.75 Å². The molecule has 0 aromatic heterocycles. The molecule has 2 amide bonds. The van der Waals surface area contributed by atoms with E-state index < -0.39 is 6.10 Å². The summed E-state index contributed by atoms with van der Waals surface area (Å²) in [5.74, 6) is 0.473. The Kier molecular flexibility index (Phi) is 6.07. The van der Waals surface area contributed by atoms with Gasteiger partial charge in [-0.05, 0) is 38.9 Å². The zero-order valence-electron chi connectivity index (χ0n) is 14.0. The highest BCUT2D eigenvalue weighted by Gasteiger charge is 2.34. The number of nitrogens with one attached hydrogen (secondary N) is 1. The number of fused-ring (bicyclic) bond motifs is 1. The number of nitrogens with zero attached hydrogens (tertiary/aromatic N) is 2. The third-order valence-corrected chi connectivity index (χ3v) is 4.55. The highest BCUT2D eigenvalue weighted by molar-refractivity contribution is 6.03. The lowest BCUT2D eigenvalue weighted by Gasteiger charge is -2.36. The second kappa shape index (κ2) is 7.85. The van der Waals surface area contributed by atoms with Gasteiger partial charge in [0.1, 0.15) is 12.3 Å². The zero-order chi connectivity index (χ0) is 16.4. The van der Waals surface area contributed by atoms with Gasteiger partial charge in [0.25, 0.3) is 5.91 Å². The number of halogens is 1.